The van der Waals surface area contributed by atoms with Gasteiger partial charge in [-0.05, 0) is 54.4 Å². The van der Waals surface area contributed by atoms with Gasteiger partial charge in [0, 0.05) is 11.1 Å². The minimum absolute atomic E-state index is 0.0834. The van der Waals surface area contributed by atoms with Crippen molar-refractivity contribution in [3.8, 4) is 0 Å². The van der Waals surface area contributed by atoms with Gasteiger partial charge in [-0.1, -0.05) is 88.1 Å². The van der Waals surface area contributed by atoms with Crippen molar-refractivity contribution in [1.82, 2.24) is 0 Å². The van der Waals surface area contributed by atoms with Crippen LogP contribution in [0.15, 0.2) is 90.9 Å². The van der Waals surface area contributed by atoms with Crippen LogP contribution in [0.5, 0.6) is 0 Å². The Morgan fingerprint density at radius 2 is 1.58 bits per heavy atom. The van der Waals surface area contributed by atoms with Crippen LogP contribution in [0.25, 0.3) is 6.08 Å². The zero-order valence-corrected chi connectivity index (χ0v) is 18.5. The van der Waals surface area contributed by atoms with Crippen molar-refractivity contribution in [1.29, 1.82) is 0 Å². The van der Waals surface area contributed by atoms with E-state index in [1.807, 2.05) is 0 Å². The predicted molar refractivity (Wildman–Crippen MR) is 126 cm³/mol. The summed E-state index contributed by atoms with van der Waals surface area (Å²) in [6.07, 6.45) is 11.4. The zero-order chi connectivity index (χ0) is 23.1. The van der Waals surface area contributed by atoms with E-state index in [2.05, 4.69) is 33.2 Å². The van der Waals surface area contributed by atoms with Crippen LogP contribution in [-0.4, -0.2) is 0 Å². The molecule has 0 heterocycles. The van der Waals surface area contributed by atoms with Gasteiger partial charge in [0.25, 0.3) is 0 Å². The maximum Gasteiger partial charge on any atom is 0.166 e. The highest BCUT2D eigenvalue weighted by molar-refractivity contribution is 5.57. The van der Waals surface area contributed by atoms with Crippen molar-refractivity contribution in [3.05, 3.63) is 114 Å². The van der Waals surface area contributed by atoms with E-state index >= 15 is 0 Å². The first kappa shape index (κ1) is 24.5. The van der Waals surface area contributed by atoms with Crippen LogP contribution in [0.3, 0.4) is 0 Å². The molecule has 0 nitrogen and oxygen atoms in total. The van der Waals surface area contributed by atoms with Crippen LogP contribution in [-0.2, 0) is 0 Å². The van der Waals surface area contributed by atoms with Gasteiger partial charge in [0.05, 0.1) is 0 Å². The molecule has 0 spiro atoms. The summed E-state index contributed by atoms with van der Waals surface area (Å²) in [6.45, 7) is 18.8. The standard InChI is InChI=1S/C28H31F3/c1-18(2)17-26(29)22(6)21(5)11-7-19(3)10-14-24-15-16-25(28(31)27(24)30)23-12-8-20(4)9-13-23/h7,10-11,14-17,20,23H,1,3,5-6,8-9,12-13H2,2,4H3/b11-7-,14-10+,26-17+. The van der Waals surface area contributed by atoms with Gasteiger partial charge in [0.1, 0.15) is 5.83 Å². The Morgan fingerprint density at radius 3 is 2.19 bits per heavy atom. The molecule has 0 unspecified atom stereocenters. The van der Waals surface area contributed by atoms with Crippen molar-refractivity contribution < 1.29 is 13.2 Å². The van der Waals surface area contributed by atoms with Crippen molar-refractivity contribution in [2.45, 2.75) is 45.4 Å². The fourth-order valence-corrected chi connectivity index (χ4v) is 3.61. The van der Waals surface area contributed by atoms with Crippen LogP contribution in [0.4, 0.5) is 13.2 Å². The third-order valence-electron chi connectivity index (χ3n) is 5.62. The topological polar surface area (TPSA) is 0 Å². The lowest BCUT2D eigenvalue weighted by atomic mass is 9.79. The van der Waals surface area contributed by atoms with E-state index in [0.717, 1.165) is 25.7 Å². The van der Waals surface area contributed by atoms with E-state index in [1.165, 1.54) is 12.2 Å². The van der Waals surface area contributed by atoms with Gasteiger partial charge < -0.3 is 0 Å². The number of halogens is 3. The molecule has 0 atom stereocenters. The molecule has 1 fully saturated rings. The molecule has 1 aliphatic carbocycles. The number of hydrogen-bond donors (Lipinski definition) is 0. The first-order valence-corrected chi connectivity index (χ1v) is 10.5. The van der Waals surface area contributed by atoms with Crippen molar-refractivity contribution in [2.24, 2.45) is 5.92 Å². The number of benzene rings is 1. The van der Waals surface area contributed by atoms with Crippen LogP contribution in [0, 0.1) is 17.6 Å². The molecule has 164 valence electrons. The molecule has 31 heavy (non-hydrogen) atoms. The number of allylic oxidation sites excluding steroid dienone is 9. The monoisotopic (exact) mass is 424 g/mol. The highest BCUT2D eigenvalue weighted by atomic mass is 19.2. The van der Waals surface area contributed by atoms with E-state index in [9.17, 15) is 13.2 Å². The van der Waals surface area contributed by atoms with E-state index in [-0.39, 0.29) is 17.1 Å². The van der Waals surface area contributed by atoms with Crippen LogP contribution < -0.4 is 0 Å². The summed E-state index contributed by atoms with van der Waals surface area (Å²) in [4.78, 5) is 0. The third-order valence-corrected chi connectivity index (χ3v) is 5.62. The molecule has 0 N–H and O–H groups in total. The second-order valence-electron chi connectivity index (χ2n) is 8.41. The fraction of sp³-hybridized carbons (Fsp3) is 0.286. The van der Waals surface area contributed by atoms with Gasteiger partial charge in [-0.3, -0.25) is 0 Å². The van der Waals surface area contributed by atoms with Gasteiger partial charge >= 0.3 is 0 Å². The van der Waals surface area contributed by atoms with Gasteiger partial charge in [-0.15, -0.1) is 0 Å². The van der Waals surface area contributed by atoms with E-state index in [4.69, 9.17) is 0 Å². The summed E-state index contributed by atoms with van der Waals surface area (Å²) in [7, 11) is 0. The largest absolute Gasteiger partial charge is 0.206 e. The lowest BCUT2D eigenvalue weighted by Gasteiger charge is -2.27. The molecule has 1 saturated carbocycles. The second kappa shape index (κ2) is 11.0. The Kier molecular flexibility index (Phi) is 8.67. The Balaban J connectivity index is 2.06. The van der Waals surface area contributed by atoms with Gasteiger partial charge in [-0.25, -0.2) is 13.2 Å². The SMILES string of the molecule is C=C(C)/C=C(/F)C(=C)C(=C)/C=C\C(=C)/C=C/c1ccc(C2CCC(C)CC2)c(F)c1F. The average molecular weight is 425 g/mol. The Morgan fingerprint density at radius 1 is 0.935 bits per heavy atom. The Labute approximate surface area is 184 Å². The maximum atomic E-state index is 14.7. The number of rotatable bonds is 8. The molecule has 0 aliphatic heterocycles. The molecule has 1 aromatic carbocycles. The molecule has 2 rings (SSSR count). The molecule has 3 heteroatoms. The summed E-state index contributed by atoms with van der Waals surface area (Å²) >= 11 is 0. The van der Waals surface area contributed by atoms with E-state index in [0.29, 0.717) is 28.2 Å². The van der Waals surface area contributed by atoms with Crippen LogP contribution in [0.1, 0.15) is 56.6 Å². The summed E-state index contributed by atoms with van der Waals surface area (Å²) in [5, 5.41) is 0. The van der Waals surface area contributed by atoms with Crippen LogP contribution >= 0.6 is 0 Å². The fourth-order valence-electron chi connectivity index (χ4n) is 3.61. The summed E-state index contributed by atoms with van der Waals surface area (Å²) in [5.74, 6) is -1.37. The normalized spacial score (nSPS) is 19.7. The summed E-state index contributed by atoms with van der Waals surface area (Å²) < 4.78 is 43.2. The van der Waals surface area contributed by atoms with E-state index < -0.39 is 17.5 Å². The first-order chi connectivity index (χ1) is 14.6. The highest BCUT2D eigenvalue weighted by Crippen LogP contribution is 2.37. The van der Waals surface area contributed by atoms with E-state index in [1.54, 1.807) is 37.3 Å². The molecule has 0 amide bonds. The molecule has 1 aromatic rings. The van der Waals surface area contributed by atoms with Gasteiger partial charge in [0.15, 0.2) is 11.6 Å². The first-order valence-electron chi connectivity index (χ1n) is 10.5. The Bertz CT molecular complexity index is 964. The quantitative estimate of drug-likeness (QED) is 0.365. The lowest BCUT2D eigenvalue weighted by molar-refractivity contribution is 0.339. The van der Waals surface area contributed by atoms with Crippen molar-refractivity contribution >= 4 is 6.08 Å². The number of hydrogen-bond acceptors (Lipinski definition) is 0. The minimum Gasteiger partial charge on any atom is -0.206 e. The molecule has 0 aromatic heterocycles. The molecule has 0 saturated heterocycles. The molecule has 0 radical (unpaired) electrons. The van der Waals surface area contributed by atoms with Gasteiger partial charge in [-0.2, -0.15) is 0 Å². The minimum atomic E-state index is -0.839. The highest BCUT2D eigenvalue weighted by Gasteiger charge is 2.24. The summed E-state index contributed by atoms with van der Waals surface area (Å²) in [5.41, 5.74) is 2.27. The zero-order valence-electron chi connectivity index (χ0n) is 18.5. The third kappa shape index (κ3) is 6.85. The second-order valence-corrected chi connectivity index (χ2v) is 8.41. The smallest absolute Gasteiger partial charge is 0.166 e. The molecule has 1 aliphatic rings. The van der Waals surface area contributed by atoms with Crippen molar-refractivity contribution in [2.75, 3.05) is 0 Å². The molecular weight excluding hydrogens is 393 g/mol. The Hall–Kier alpha value is -2.81. The predicted octanol–water partition coefficient (Wildman–Crippen LogP) is 8.93. The molecular formula is C28H31F3. The summed E-state index contributed by atoms with van der Waals surface area (Å²) in [6, 6.07) is 3.30. The van der Waals surface area contributed by atoms with Crippen LogP contribution in [0.2, 0.25) is 0 Å². The maximum absolute atomic E-state index is 14.7. The van der Waals surface area contributed by atoms with Crippen molar-refractivity contribution in [3.63, 3.8) is 0 Å². The van der Waals surface area contributed by atoms with Gasteiger partial charge in [0.2, 0.25) is 0 Å². The molecule has 0 bridgehead atoms. The lowest BCUT2D eigenvalue weighted by Crippen LogP contribution is -2.13. The average Bonchev–Trinajstić information content (AvgIpc) is 2.72.